The summed E-state index contributed by atoms with van der Waals surface area (Å²) in [5.41, 5.74) is -0.424. The lowest BCUT2D eigenvalue weighted by molar-refractivity contribution is -0.124. The summed E-state index contributed by atoms with van der Waals surface area (Å²) in [6, 6.07) is 4.21. The number of imide groups is 1. The standard InChI is InChI=1S/C12H11BrFNO2/c1-12(2)6-10(16)15(11(12)17)7-3-4-8(13)9(14)5-7/h3-5H,6H2,1-2H3. The van der Waals surface area contributed by atoms with Gasteiger partial charge in [-0.05, 0) is 34.1 Å². The van der Waals surface area contributed by atoms with Gasteiger partial charge in [0.05, 0.1) is 15.6 Å². The molecular weight excluding hydrogens is 289 g/mol. The molecule has 0 aliphatic carbocycles. The summed E-state index contributed by atoms with van der Waals surface area (Å²) < 4.78 is 13.7. The minimum atomic E-state index is -0.708. The maximum Gasteiger partial charge on any atom is 0.239 e. The number of nitrogens with zero attached hydrogens (tertiary/aromatic N) is 1. The van der Waals surface area contributed by atoms with E-state index >= 15 is 0 Å². The van der Waals surface area contributed by atoms with Gasteiger partial charge in [0.2, 0.25) is 11.8 Å². The summed E-state index contributed by atoms with van der Waals surface area (Å²) in [4.78, 5) is 24.8. The molecule has 0 aromatic heterocycles. The van der Waals surface area contributed by atoms with Crippen LogP contribution in [0.25, 0.3) is 0 Å². The first-order valence-electron chi connectivity index (χ1n) is 5.15. The zero-order valence-electron chi connectivity index (χ0n) is 9.46. The Morgan fingerprint density at radius 2 is 2.00 bits per heavy atom. The summed E-state index contributed by atoms with van der Waals surface area (Å²) in [7, 11) is 0. The van der Waals surface area contributed by atoms with Crippen molar-refractivity contribution in [3.05, 3.63) is 28.5 Å². The van der Waals surface area contributed by atoms with Crippen LogP contribution in [0.1, 0.15) is 20.3 Å². The highest BCUT2D eigenvalue weighted by Crippen LogP contribution is 2.35. The number of hydrogen-bond acceptors (Lipinski definition) is 2. The van der Waals surface area contributed by atoms with Crippen LogP contribution in [0.2, 0.25) is 0 Å². The molecule has 2 rings (SSSR count). The van der Waals surface area contributed by atoms with Crippen LogP contribution in [0.5, 0.6) is 0 Å². The van der Waals surface area contributed by atoms with Gasteiger partial charge in [-0.15, -0.1) is 0 Å². The lowest BCUT2D eigenvalue weighted by atomic mass is 9.92. The minimum absolute atomic E-state index is 0.156. The molecule has 17 heavy (non-hydrogen) atoms. The molecule has 1 aliphatic rings. The molecule has 0 radical (unpaired) electrons. The van der Waals surface area contributed by atoms with E-state index in [1.54, 1.807) is 19.9 Å². The van der Waals surface area contributed by atoms with E-state index in [1.165, 1.54) is 12.1 Å². The van der Waals surface area contributed by atoms with Crippen LogP contribution < -0.4 is 4.90 Å². The van der Waals surface area contributed by atoms with E-state index in [2.05, 4.69) is 15.9 Å². The van der Waals surface area contributed by atoms with Crippen molar-refractivity contribution in [1.82, 2.24) is 0 Å². The Morgan fingerprint density at radius 1 is 1.35 bits per heavy atom. The highest BCUT2D eigenvalue weighted by atomic mass is 79.9. The molecule has 2 amide bonds. The van der Waals surface area contributed by atoms with Crippen LogP contribution in [0.3, 0.4) is 0 Å². The summed E-state index contributed by atoms with van der Waals surface area (Å²) >= 11 is 3.03. The molecule has 1 aliphatic heterocycles. The number of carbonyl (C=O) groups excluding carboxylic acids is 2. The molecule has 90 valence electrons. The molecule has 0 unspecified atom stereocenters. The molecule has 1 fully saturated rings. The average Bonchev–Trinajstić information content (AvgIpc) is 2.42. The van der Waals surface area contributed by atoms with Gasteiger partial charge in [-0.1, -0.05) is 13.8 Å². The smallest absolute Gasteiger partial charge is 0.239 e. The second kappa shape index (κ2) is 3.91. The van der Waals surface area contributed by atoms with E-state index in [1.807, 2.05) is 0 Å². The lowest BCUT2D eigenvalue weighted by Gasteiger charge is -2.17. The van der Waals surface area contributed by atoms with E-state index in [4.69, 9.17) is 0 Å². The van der Waals surface area contributed by atoms with Gasteiger partial charge in [0.25, 0.3) is 0 Å². The predicted octanol–water partition coefficient (Wildman–Crippen LogP) is 2.88. The molecule has 1 heterocycles. The quantitative estimate of drug-likeness (QED) is 0.748. The van der Waals surface area contributed by atoms with Gasteiger partial charge in [0.15, 0.2) is 0 Å². The van der Waals surface area contributed by atoms with Gasteiger partial charge in [0, 0.05) is 6.42 Å². The maximum absolute atomic E-state index is 13.4. The minimum Gasteiger partial charge on any atom is -0.274 e. The summed E-state index contributed by atoms with van der Waals surface area (Å²) in [5, 5.41) is 0. The average molecular weight is 300 g/mol. The van der Waals surface area contributed by atoms with Crippen LogP contribution in [0.15, 0.2) is 22.7 Å². The molecule has 5 heteroatoms. The van der Waals surface area contributed by atoms with Gasteiger partial charge in [-0.3, -0.25) is 9.59 Å². The topological polar surface area (TPSA) is 37.4 Å². The first-order valence-corrected chi connectivity index (χ1v) is 5.95. The van der Waals surface area contributed by atoms with E-state index in [0.717, 1.165) is 4.90 Å². The zero-order valence-corrected chi connectivity index (χ0v) is 11.0. The molecule has 0 bridgehead atoms. The van der Waals surface area contributed by atoms with Crippen LogP contribution >= 0.6 is 15.9 Å². The van der Waals surface area contributed by atoms with Crippen molar-refractivity contribution < 1.29 is 14.0 Å². The fourth-order valence-electron chi connectivity index (χ4n) is 1.83. The largest absolute Gasteiger partial charge is 0.274 e. The van der Waals surface area contributed by atoms with Crippen molar-refractivity contribution in [2.75, 3.05) is 4.90 Å². The normalized spacial score (nSPS) is 18.9. The first-order chi connectivity index (χ1) is 7.83. The molecule has 1 saturated heterocycles. The first kappa shape index (κ1) is 12.2. The van der Waals surface area contributed by atoms with Crippen molar-refractivity contribution in [3.8, 4) is 0 Å². The lowest BCUT2D eigenvalue weighted by Crippen LogP contribution is -2.33. The summed E-state index contributed by atoms with van der Waals surface area (Å²) in [6.45, 7) is 3.42. The number of rotatable bonds is 1. The zero-order chi connectivity index (χ0) is 12.8. The highest BCUT2D eigenvalue weighted by molar-refractivity contribution is 9.10. The maximum atomic E-state index is 13.4. The van der Waals surface area contributed by atoms with E-state index in [9.17, 15) is 14.0 Å². The second-order valence-corrected chi connectivity index (χ2v) is 5.55. The Kier molecular flexibility index (Phi) is 2.81. The molecular formula is C12H11BrFNO2. The third-order valence-electron chi connectivity index (χ3n) is 2.79. The summed E-state index contributed by atoms with van der Waals surface area (Å²) in [6.07, 6.45) is 0.156. The highest BCUT2D eigenvalue weighted by Gasteiger charge is 2.45. The number of hydrogen-bond donors (Lipinski definition) is 0. The van der Waals surface area contributed by atoms with E-state index in [-0.39, 0.29) is 23.9 Å². The molecule has 0 atom stereocenters. The van der Waals surface area contributed by atoms with Gasteiger partial charge in [-0.25, -0.2) is 9.29 Å². The van der Waals surface area contributed by atoms with Crippen molar-refractivity contribution in [1.29, 1.82) is 0 Å². The van der Waals surface area contributed by atoms with Crippen molar-refractivity contribution >= 4 is 33.4 Å². The van der Waals surface area contributed by atoms with Crippen LogP contribution in [0, 0.1) is 11.2 Å². The number of anilines is 1. The monoisotopic (exact) mass is 299 g/mol. The SMILES string of the molecule is CC1(C)CC(=O)N(c2ccc(Br)c(F)c2)C1=O. The van der Waals surface area contributed by atoms with Crippen molar-refractivity contribution in [2.45, 2.75) is 20.3 Å². The number of halogens is 2. The van der Waals surface area contributed by atoms with Crippen molar-refractivity contribution in [3.63, 3.8) is 0 Å². The second-order valence-electron chi connectivity index (χ2n) is 4.69. The van der Waals surface area contributed by atoms with Crippen molar-refractivity contribution in [2.24, 2.45) is 5.41 Å². The van der Waals surface area contributed by atoms with E-state index < -0.39 is 11.2 Å². The Hall–Kier alpha value is -1.23. The molecule has 3 nitrogen and oxygen atoms in total. The molecule has 0 spiro atoms. The molecule has 1 aromatic rings. The Balaban J connectivity index is 2.44. The molecule has 1 aromatic carbocycles. The van der Waals surface area contributed by atoms with Gasteiger partial charge >= 0.3 is 0 Å². The summed E-state index contributed by atoms with van der Waals surface area (Å²) in [5.74, 6) is -1.07. The fourth-order valence-corrected chi connectivity index (χ4v) is 2.08. The van der Waals surface area contributed by atoms with Crippen LogP contribution in [-0.4, -0.2) is 11.8 Å². The molecule has 0 saturated carbocycles. The number of carbonyl (C=O) groups is 2. The Bertz CT molecular complexity index is 513. The number of benzene rings is 1. The van der Waals surface area contributed by atoms with Gasteiger partial charge < -0.3 is 0 Å². The Morgan fingerprint density at radius 3 is 2.47 bits per heavy atom. The van der Waals surface area contributed by atoms with Gasteiger partial charge in [0.1, 0.15) is 5.82 Å². The number of amides is 2. The third kappa shape index (κ3) is 1.99. The predicted molar refractivity (Wildman–Crippen MR) is 65.0 cm³/mol. The Labute approximate surface area is 107 Å². The van der Waals surface area contributed by atoms with Crippen LogP contribution in [-0.2, 0) is 9.59 Å². The molecule has 0 N–H and O–H groups in total. The third-order valence-corrected chi connectivity index (χ3v) is 3.43. The van der Waals surface area contributed by atoms with Gasteiger partial charge in [-0.2, -0.15) is 0 Å². The van der Waals surface area contributed by atoms with Crippen LogP contribution in [0.4, 0.5) is 10.1 Å². The van der Waals surface area contributed by atoms with E-state index in [0.29, 0.717) is 4.47 Å². The fraction of sp³-hybridized carbons (Fsp3) is 0.333.